The van der Waals surface area contributed by atoms with Gasteiger partial charge in [0.15, 0.2) is 0 Å². The molecule has 0 aromatic carbocycles. The lowest BCUT2D eigenvalue weighted by molar-refractivity contribution is 1.49. The van der Waals surface area contributed by atoms with Crippen LogP contribution in [-0.4, -0.2) is 23.1 Å². The molecule has 0 amide bonds. The molecule has 0 radical (unpaired) electrons. The molecule has 44 valence electrons. The molecule has 1 aliphatic rings. The molecule has 0 fully saturated rings. The average Bonchev–Trinajstić information content (AvgIpc) is 1.89. The van der Waals surface area contributed by atoms with E-state index in [4.69, 9.17) is 12.2 Å². The molecule has 0 N–H and O–H groups in total. The molecule has 0 bridgehead atoms. The van der Waals surface area contributed by atoms with Crippen LogP contribution in [-0.2, 0) is 0 Å². The minimum absolute atomic E-state index is 0.198. The van der Waals surface area contributed by atoms with Crippen molar-refractivity contribution in [2.45, 2.75) is 6.42 Å². The van der Waals surface area contributed by atoms with E-state index in [0.29, 0.717) is 0 Å². The molecule has 0 spiro atoms. The summed E-state index contributed by atoms with van der Waals surface area (Å²) in [5, 5.41) is 0. The Kier molecular flexibility index (Phi) is 3.39. The number of rotatable bonds is 1. The highest BCUT2D eigenvalue weighted by atomic mass is 79.9. The van der Waals surface area contributed by atoms with Crippen LogP contribution in [0, 0.1) is 0 Å². The van der Waals surface area contributed by atoms with Crippen LogP contribution < -0.4 is 0 Å². The van der Waals surface area contributed by atoms with Crippen LogP contribution in [0.15, 0.2) is 21.9 Å². The van der Waals surface area contributed by atoms with Crippen molar-refractivity contribution in [3.8, 4) is 0 Å². The molecular weight excluding hydrogens is 208 g/mol. The molecule has 3 heteroatoms. The van der Waals surface area contributed by atoms with Crippen molar-refractivity contribution >= 4 is 48.2 Å². The Morgan fingerprint density at radius 1 is 1.67 bits per heavy atom. The van der Waals surface area contributed by atoms with Gasteiger partial charge in [-0.05, 0) is 11.3 Å². The number of thiocarbonyl (C=S) groups is 1. The van der Waals surface area contributed by atoms with E-state index in [1.165, 1.54) is 3.70 Å². The van der Waals surface area contributed by atoms with E-state index < -0.39 is 0 Å². The first-order valence-electron chi connectivity index (χ1n) is 2.79. The van der Waals surface area contributed by atoms with Gasteiger partial charge in [0.2, 0.25) is 0 Å². The molecule has 1 rings (SSSR count). The van der Waals surface area contributed by atoms with E-state index in [0.717, 1.165) is 11.3 Å². The van der Waals surface area contributed by atoms with E-state index in [1.807, 2.05) is 0 Å². The first-order chi connectivity index (χ1) is 4.34. The predicted octanol–water partition coefficient (Wildman–Crippen LogP) is 2.21. The van der Waals surface area contributed by atoms with Gasteiger partial charge in [0, 0.05) is 0 Å². The van der Waals surface area contributed by atoms with E-state index in [1.54, 1.807) is 0 Å². The average molecular weight is 213 g/mol. The first-order valence-corrected chi connectivity index (χ1v) is 7.81. The fourth-order valence-electron chi connectivity index (χ4n) is 0.702. The minimum Gasteiger partial charge on any atom is -0.296 e. The van der Waals surface area contributed by atoms with Crippen molar-refractivity contribution in [1.29, 1.82) is 0 Å². The van der Waals surface area contributed by atoms with E-state index in [2.05, 4.69) is 31.1 Å². The Labute approximate surface area is 76.0 Å². The van der Waals surface area contributed by atoms with E-state index in [-0.39, 0.29) is 18.2 Å². The third kappa shape index (κ3) is 2.15. The minimum atomic E-state index is -0.198. The van der Waals surface area contributed by atoms with Gasteiger partial charge in [-0.3, -0.25) is 12.9 Å². The van der Waals surface area contributed by atoms with Gasteiger partial charge < -0.3 is 0 Å². The van der Waals surface area contributed by atoms with Gasteiger partial charge in [0.25, 0.3) is 0 Å². The van der Waals surface area contributed by atoms with Gasteiger partial charge in [-0.25, -0.2) is 0 Å². The van der Waals surface area contributed by atoms with Gasteiger partial charge in [-0.2, -0.15) is 0 Å². The zero-order valence-corrected chi connectivity index (χ0v) is 8.75. The van der Waals surface area contributed by atoms with Crippen LogP contribution in [0.25, 0.3) is 0 Å². The molecule has 0 heterocycles. The summed E-state index contributed by atoms with van der Waals surface area (Å²) in [6.07, 6.45) is 7.27. The third-order valence-corrected chi connectivity index (χ3v) is 4.69. The van der Waals surface area contributed by atoms with Crippen LogP contribution in [0.4, 0.5) is 0 Å². The van der Waals surface area contributed by atoms with Crippen LogP contribution in [0.1, 0.15) is 6.42 Å². The second-order valence-electron chi connectivity index (χ2n) is 1.88. The second-order valence-corrected chi connectivity index (χ2v) is 5.09. The van der Waals surface area contributed by atoms with Crippen molar-refractivity contribution in [3.63, 3.8) is 0 Å². The molecule has 0 saturated heterocycles. The Hall–Kier alpha value is 0.816. The normalized spacial score (nSPS) is 17.0. The zero-order chi connectivity index (χ0) is 6.69. The smallest absolute Gasteiger partial charge is 0.296 e. The lowest BCUT2D eigenvalue weighted by Gasteiger charge is -2.05. The zero-order valence-electron chi connectivity index (χ0n) is 4.93. The van der Waals surface area contributed by atoms with Crippen molar-refractivity contribution in [2.75, 3.05) is 0 Å². The molecule has 0 saturated carbocycles. The van der Waals surface area contributed by atoms with Gasteiger partial charge in [0.05, 0.1) is 0 Å². The summed E-state index contributed by atoms with van der Waals surface area (Å²) in [7, 11) is 0. The van der Waals surface area contributed by atoms with E-state index in [9.17, 15) is 0 Å². The van der Waals surface area contributed by atoms with Crippen LogP contribution in [0.5, 0.6) is 0 Å². The highest BCUT2D eigenvalue weighted by Crippen LogP contribution is 2.09. The highest BCUT2D eigenvalue weighted by Gasteiger charge is 2.05. The summed E-state index contributed by atoms with van der Waals surface area (Å²) < 4.78 is 1.38. The fourth-order valence-corrected chi connectivity index (χ4v) is 3.73. The predicted molar refractivity (Wildman–Crippen MR) is 49.1 cm³/mol. The van der Waals surface area contributed by atoms with Gasteiger partial charge in [-0.15, -0.1) is 3.70 Å². The Balaban J connectivity index is 2.74. The Morgan fingerprint density at radius 3 is 2.89 bits per heavy atom. The number of hydrogen-bond acceptors (Lipinski definition) is 1. The highest BCUT2D eigenvalue weighted by molar-refractivity contribution is 9.23. The Morgan fingerprint density at radius 2 is 2.44 bits per heavy atom. The van der Waals surface area contributed by atoms with Gasteiger partial charge >= 0.3 is 18.2 Å². The third-order valence-electron chi connectivity index (χ3n) is 1.24. The quantitative estimate of drug-likeness (QED) is 0.475. The molecule has 9 heavy (non-hydrogen) atoms. The molecule has 0 atom stereocenters. The number of allylic oxidation sites excluding steroid dienone is 4. The molecule has 0 nitrogen and oxygen atoms in total. The maximum absolute atomic E-state index is 5.11. The molecule has 0 aromatic heterocycles. The summed E-state index contributed by atoms with van der Waals surface area (Å²) >= 11 is 8.41. The molecule has 0 unspecified atom stereocenters. The molecule has 1 aliphatic carbocycles. The summed E-state index contributed by atoms with van der Waals surface area (Å²) in [4.78, 5) is 1.13. The lowest BCUT2D eigenvalue weighted by atomic mass is 10.2. The maximum Gasteiger partial charge on any atom is 0.508 e. The van der Waals surface area contributed by atoms with Crippen LogP contribution >= 0.6 is 25.1 Å². The summed E-state index contributed by atoms with van der Waals surface area (Å²) in [5.74, 6) is 0. The maximum atomic E-state index is 5.11. The lowest BCUT2D eigenvalue weighted by Crippen LogP contribution is -2.03. The van der Waals surface area contributed by atoms with Gasteiger partial charge in [-0.1, -0.05) is 30.4 Å². The monoisotopic (exact) mass is 212 g/mol. The second kappa shape index (κ2) is 3.86. The van der Waals surface area contributed by atoms with Crippen molar-refractivity contribution < 1.29 is 0 Å². The van der Waals surface area contributed by atoms with Crippen LogP contribution in [0.2, 0.25) is 0 Å². The van der Waals surface area contributed by atoms with Gasteiger partial charge in [0.1, 0.15) is 0 Å². The number of hydrogen-bond donors (Lipinski definition) is 0. The first kappa shape index (κ1) is 7.92. The van der Waals surface area contributed by atoms with E-state index >= 15 is 0 Å². The topological polar surface area (TPSA) is 0 Å². The number of halogens is 1. The van der Waals surface area contributed by atoms with Crippen molar-refractivity contribution in [3.05, 3.63) is 21.9 Å². The summed E-state index contributed by atoms with van der Waals surface area (Å²) in [5.41, 5.74) is 0. The standard InChI is InChI=1S/C6H5S.BrH.Mg/c7-6-4-2-1-3-5-6;;/h1-3H,4H2;1H;/q;;+1/p-1. The SMILES string of the molecule is S=C1CC=CC=[C]1[Mg][Br]. The van der Waals surface area contributed by atoms with Crippen LogP contribution in [0.3, 0.4) is 0 Å². The van der Waals surface area contributed by atoms with Crippen molar-refractivity contribution in [2.24, 2.45) is 0 Å². The van der Waals surface area contributed by atoms with Crippen molar-refractivity contribution in [1.82, 2.24) is 0 Å². The summed E-state index contributed by atoms with van der Waals surface area (Å²) in [6.45, 7) is 0. The fraction of sp³-hybridized carbons (Fsp3) is 0.167. The molecular formula is C6H5BrMgS. The largest absolute Gasteiger partial charge is 0.508 e. The summed E-state index contributed by atoms with van der Waals surface area (Å²) in [6, 6.07) is 0. The Bertz CT molecular complexity index is 183. The molecule has 0 aromatic rings. The molecule has 0 aliphatic heterocycles.